The van der Waals surface area contributed by atoms with Gasteiger partial charge in [0, 0.05) is 39.2 Å². The fourth-order valence-corrected chi connectivity index (χ4v) is 2.54. The fraction of sp³-hybridized carbons (Fsp3) is 0.562. The predicted molar refractivity (Wildman–Crippen MR) is 89.0 cm³/mol. The van der Waals surface area contributed by atoms with Crippen molar-refractivity contribution in [1.82, 2.24) is 15.2 Å². The molecular formula is C16H24N4O4. The van der Waals surface area contributed by atoms with E-state index in [2.05, 4.69) is 15.6 Å². The summed E-state index contributed by atoms with van der Waals surface area (Å²) in [5.74, 6) is 0.407. The molecule has 1 saturated heterocycles. The van der Waals surface area contributed by atoms with Crippen LogP contribution in [-0.2, 0) is 9.53 Å². The molecule has 2 heterocycles. The Bertz CT molecular complexity index is 550. The minimum atomic E-state index is -0.195. The van der Waals surface area contributed by atoms with Crippen molar-refractivity contribution in [3.8, 4) is 5.88 Å². The van der Waals surface area contributed by atoms with Gasteiger partial charge in [-0.25, -0.2) is 9.78 Å². The maximum absolute atomic E-state index is 12.3. The number of hydrogen-bond acceptors (Lipinski definition) is 5. The van der Waals surface area contributed by atoms with E-state index in [0.29, 0.717) is 37.9 Å². The van der Waals surface area contributed by atoms with E-state index in [1.165, 1.54) is 6.92 Å². The number of likely N-dealkylation sites (tertiary alicyclic amines) is 1. The van der Waals surface area contributed by atoms with Gasteiger partial charge in [0.15, 0.2) is 0 Å². The Hall–Kier alpha value is -2.35. The lowest BCUT2D eigenvalue weighted by Gasteiger charge is -2.32. The standard InChI is InChI=1S/C16H24N4O4/c1-12(21)18-14-4-3-7-20(11-14)16(22)19-13-5-6-15(17-10-13)24-9-8-23-2/h5-6,10,14H,3-4,7-9,11H2,1-2H3,(H,18,21)(H,19,22). The third-order valence-electron chi connectivity index (χ3n) is 3.64. The number of methoxy groups -OCH3 is 1. The molecule has 0 radical (unpaired) electrons. The lowest BCUT2D eigenvalue weighted by atomic mass is 10.1. The van der Waals surface area contributed by atoms with E-state index in [1.807, 2.05) is 0 Å². The van der Waals surface area contributed by atoms with Gasteiger partial charge in [-0.1, -0.05) is 0 Å². The normalized spacial score (nSPS) is 17.2. The first-order valence-corrected chi connectivity index (χ1v) is 7.99. The Morgan fingerprint density at radius 3 is 2.88 bits per heavy atom. The molecule has 1 aliphatic heterocycles. The minimum absolute atomic E-state index is 0.0108. The molecule has 0 saturated carbocycles. The van der Waals surface area contributed by atoms with Crippen LogP contribution in [0, 0.1) is 0 Å². The topological polar surface area (TPSA) is 92.8 Å². The van der Waals surface area contributed by atoms with E-state index in [9.17, 15) is 9.59 Å². The molecule has 1 fully saturated rings. The molecule has 0 aromatic carbocycles. The van der Waals surface area contributed by atoms with Crippen molar-refractivity contribution in [3.05, 3.63) is 18.3 Å². The van der Waals surface area contributed by atoms with Crippen molar-refractivity contribution < 1.29 is 19.1 Å². The Morgan fingerprint density at radius 1 is 1.38 bits per heavy atom. The number of carbonyl (C=O) groups excluding carboxylic acids is 2. The summed E-state index contributed by atoms with van der Waals surface area (Å²) < 4.78 is 10.3. The first-order valence-electron chi connectivity index (χ1n) is 7.99. The van der Waals surface area contributed by atoms with Crippen LogP contribution in [0.4, 0.5) is 10.5 Å². The van der Waals surface area contributed by atoms with Crippen molar-refractivity contribution in [2.75, 3.05) is 38.7 Å². The molecule has 8 nitrogen and oxygen atoms in total. The van der Waals surface area contributed by atoms with Gasteiger partial charge in [-0.2, -0.15) is 0 Å². The molecule has 8 heteroatoms. The zero-order valence-electron chi connectivity index (χ0n) is 14.1. The van der Waals surface area contributed by atoms with Gasteiger partial charge in [0.05, 0.1) is 18.5 Å². The van der Waals surface area contributed by atoms with Crippen LogP contribution in [0.25, 0.3) is 0 Å². The molecule has 1 aromatic rings. The first-order chi connectivity index (χ1) is 11.6. The highest BCUT2D eigenvalue weighted by Crippen LogP contribution is 2.15. The average Bonchev–Trinajstić information content (AvgIpc) is 2.56. The zero-order valence-corrected chi connectivity index (χ0v) is 14.1. The number of rotatable bonds is 6. The molecule has 1 aromatic heterocycles. The molecular weight excluding hydrogens is 312 g/mol. The molecule has 1 aliphatic rings. The third-order valence-corrected chi connectivity index (χ3v) is 3.64. The summed E-state index contributed by atoms with van der Waals surface area (Å²) in [5, 5.41) is 5.67. The number of nitrogens with one attached hydrogen (secondary N) is 2. The molecule has 2 rings (SSSR count). The van der Waals surface area contributed by atoms with Crippen molar-refractivity contribution in [2.45, 2.75) is 25.8 Å². The molecule has 3 amide bonds. The van der Waals surface area contributed by atoms with E-state index in [4.69, 9.17) is 9.47 Å². The summed E-state index contributed by atoms with van der Waals surface area (Å²) in [6.07, 6.45) is 3.30. The fourth-order valence-electron chi connectivity index (χ4n) is 2.54. The molecule has 0 bridgehead atoms. The van der Waals surface area contributed by atoms with Crippen LogP contribution in [0.1, 0.15) is 19.8 Å². The highest BCUT2D eigenvalue weighted by molar-refractivity contribution is 5.89. The van der Waals surface area contributed by atoms with Crippen LogP contribution in [-0.4, -0.2) is 61.3 Å². The molecule has 1 atom stereocenters. The Morgan fingerprint density at radius 2 is 2.21 bits per heavy atom. The largest absolute Gasteiger partial charge is 0.475 e. The van der Waals surface area contributed by atoms with E-state index in [1.54, 1.807) is 30.3 Å². The van der Waals surface area contributed by atoms with Gasteiger partial charge < -0.3 is 25.0 Å². The summed E-state index contributed by atoms with van der Waals surface area (Å²) in [4.78, 5) is 29.3. The number of aromatic nitrogens is 1. The second-order valence-corrected chi connectivity index (χ2v) is 5.64. The monoisotopic (exact) mass is 336 g/mol. The number of anilines is 1. The summed E-state index contributed by atoms with van der Waals surface area (Å²) in [7, 11) is 1.60. The second-order valence-electron chi connectivity index (χ2n) is 5.64. The smallest absolute Gasteiger partial charge is 0.321 e. The van der Waals surface area contributed by atoms with Crippen LogP contribution in [0.15, 0.2) is 18.3 Å². The van der Waals surface area contributed by atoms with Gasteiger partial charge in [0.2, 0.25) is 11.8 Å². The van der Waals surface area contributed by atoms with Gasteiger partial charge in [-0.3, -0.25) is 4.79 Å². The van der Waals surface area contributed by atoms with Gasteiger partial charge in [0.1, 0.15) is 6.61 Å². The number of nitrogens with zero attached hydrogens (tertiary/aromatic N) is 2. The van der Waals surface area contributed by atoms with E-state index < -0.39 is 0 Å². The number of carbonyl (C=O) groups is 2. The van der Waals surface area contributed by atoms with Crippen LogP contribution in [0.2, 0.25) is 0 Å². The van der Waals surface area contributed by atoms with E-state index in [-0.39, 0.29) is 18.0 Å². The van der Waals surface area contributed by atoms with Crippen molar-refractivity contribution in [1.29, 1.82) is 0 Å². The molecule has 2 N–H and O–H groups in total. The Kier molecular flexibility index (Phi) is 6.80. The van der Waals surface area contributed by atoms with E-state index >= 15 is 0 Å². The molecule has 0 aliphatic carbocycles. The highest BCUT2D eigenvalue weighted by Gasteiger charge is 2.24. The van der Waals surface area contributed by atoms with Crippen LogP contribution >= 0.6 is 0 Å². The highest BCUT2D eigenvalue weighted by atomic mass is 16.5. The van der Waals surface area contributed by atoms with Gasteiger partial charge in [-0.15, -0.1) is 0 Å². The van der Waals surface area contributed by atoms with E-state index in [0.717, 1.165) is 12.8 Å². The van der Waals surface area contributed by atoms with Crippen molar-refractivity contribution in [2.24, 2.45) is 0 Å². The Balaban J connectivity index is 1.83. The van der Waals surface area contributed by atoms with Crippen molar-refractivity contribution >= 4 is 17.6 Å². The predicted octanol–water partition coefficient (Wildman–Crippen LogP) is 1.24. The summed E-state index contributed by atoms with van der Waals surface area (Å²) in [5.41, 5.74) is 0.598. The maximum atomic E-state index is 12.3. The number of pyridine rings is 1. The molecule has 0 spiro atoms. The van der Waals surface area contributed by atoms with Gasteiger partial charge in [0.25, 0.3) is 0 Å². The van der Waals surface area contributed by atoms with Gasteiger partial charge in [-0.05, 0) is 18.9 Å². The maximum Gasteiger partial charge on any atom is 0.321 e. The summed E-state index contributed by atoms with van der Waals surface area (Å²) in [6.45, 7) is 3.59. The summed E-state index contributed by atoms with van der Waals surface area (Å²) in [6, 6.07) is 3.25. The van der Waals surface area contributed by atoms with Crippen LogP contribution < -0.4 is 15.4 Å². The number of hydrogen-bond donors (Lipinski definition) is 2. The zero-order chi connectivity index (χ0) is 17.4. The molecule has 24 heavy (non-hydrogen) atoms. The lowest BCUT2D eigenvalue weighted by molar-refractivity contribution is -0.119. The molecule has 132 valence electrons. The second kappa shape index (κ2) is 9.07. The van der Waals surface area contributed by atoms with Crippen molar-refractivity contribution in [3.63, 3.8) is 0 Å². The molecule has 1 unspecified atom stereocenters. The number of urea groups is 1. The van der Waals surface area contributed by atoms with Crippen LogP contribution in [0.3, 0.4) is 0 Å². The minimum Gasteiger partial charge on any atom is -0.475 e. The number of ether oxygens (including phenoxy) is 2. The summed E-state index contributed by atoms with van der Waals surface area (Å²) >= 11 is 0. The third kappa shape index (κ3) is 5.69. The first kappa shape index (κ1) is 18.0. The number of piperidine rings is 1. The average molecular weight is 336 g/mol. The number of amides is 3. The Labute approximate surface area is 141 Å². The van der Waals surface area contributed by atoms with Crippen LogP contribution in [0.5, 0.6) is 5.88 Å². The SMILES string of the molecule is COCCOc1ccc(NC(=O)N2CCCC(NC(C)=O)C2)cn1. The quantitative estimate of drug-likeness (QED) is 0.763. The lowest BCUT2D eigenvalue weighted by Crippen LogP contribution is -2.50. The van der Waals surface area contributed by atoms with Gasteiger partial charge >= 0.3 is 6.03 Å².